The summed E-state index contributed by atoms with van der Waals surface area (Å²) in [4.78, 5) is 35.3. The Hall–Kier alpha value is -2.26. The number of carboxylic acid groups (broad SMARTS) is 2. The highest BCUT2D eigenvalue weighted by atomic mass is 32.2. The fourth-order valence-corrected chi connectivity index (χ4v) is 3.27. The summed E-state index contributed by atoms with van der Waals surface area (Å²) in [7, 11) is 0. The number of carbonyl (C=O) groups excluding carboxylic acids is 1. The average molecular weight is 355 g/mol. The molecular formula is C14H10FNO5S2. The molecule has 1 aromatic rings. The molecule has 0 saturated carbocycles. The first-order chi connectivity index (χ1) is 10.8. The van der Waals surface area contributed by atoms with E-state index in [0.29, 0.717) is 5.56 Å². The number of thioether (sulfide) groups is 1. The Balaban J connectivity index is 2.30. The van der Waals surface area contributed by atoms with E-state index >= 15 is 0 Å². The van der Waals surface area contributed by atoms with Crippen LogP contribution in [0.5, 0.6) is 0 Å². The molecule has 1 amide bonds. The molecule has 23 heavy (non-hydrogen) atoms. The van der Waals surface area contributed by atoms with Crippen LogP contribution < -0.4 is 0 Å². The van der Waals surface area contributed by atoms with Crippen LogP contribution in [-0.4, -0.2) is 43.3 Å². The standard InChI is InChI=1S/C14H10FNO5S2/c15-8-3-1-7(2-4-8)5-10-12(19)16(14(22)23-10)9(13(20)21)6-11(17)18/h1-5,9H,6H2,(H,17,18)(H,20,21)/b10-5+/t9-/m1/s1. The Morgan fingerprint density at radius 3 is 2.43 bits per heavy atom. The molecule has 1 aliphatic heterocycles. The highest BCUT2D eigenvalue weighted by Gasteiger charge is 2.41. The molecule has 1 fully saturated rings. The summed E-state index contributed by atoms with van der Waals surface area (Å²) in [5.74, 6) is -3.92. The maximum atomic E-state index is 12.9. The van der Waals surface area contributed by atoms with Gasteiger partial charge in [0.15, 0.2) is 0 Å². The van der Waals surface area contributed by atoms with Gasteiger partial charge in [-0.25, -0.2) is 9.18 Å². The summed E-state index contributed by atoms with van der Waals surface area (Å²) in [6.07, 6.45) is 0.685. The molecule has 0 aliphatic carbocycles. The lowest BCUT2D eigenvalue weighted by molar-refractivity contribution is -0.150. The summed E-state index contributed by atoms with van der Waals surface area (Å²) in [6, 6.07) is 3.77. The minimum atomic E-state index is -1.57. The summed E-state index contributed by atoms with van der Waals surface area (Å²) in [5, 5.41) is 17.9. The number of halogens is 1. The van der Waals surface area contributed by atoms with Crippen LogP contribution in [0.4, 0.5) is 4.39 Å². The van der Waals surface area contributed by atoms with Crippen molar-refractivity contribution in [1.82, 2.24) is 4.90 Å². The third-order valence-electron chi connectivity index (χ3n) is 2.96. The Bertz CT molecular complexity index is 716. The Kier molecular flexibility index (Phi) is 5.12. The van der Waals surface area contributed by atoms with Crippen molar-refractivity contribution in [2.45, 2.75) is 12.5 Å². The lowest BCUT2D eigenvalue weighted by Gasteiger charge is -2.21. The van der Waals surface area contributed by atoms with Gasteiger partial charge < -0.3 is 10.2 Å². The van der Waals surface area contributed by atoms with Gasteiger partial charge in [0.1, 0.15) is 16.2 Å². The summed E-state index contributed by atoms with van der Waals surface area (Å²) in [6.45, 7) is 0. The molecule has 0 radical (unpaired) electrons. The fourth-order valence-electron chi connectivity index (χ4n) is 1.91. The maximum absolute atomic E-state index is 12.9. The molecule has 0 spiro atoms. The van der Waals surface area contributed by atoms with Crippen molar-refractivity contribution in [3.05, 3.63) is 40.6 Å². The quantitative estimate of drug-likeness (QED) is 0.616. The molecule has 9 heteroatoms. The van der Waals surface area contributed by atoms with Gasteiger partial charge in [-0.15, -0.1) is 0 Å². The second-order valence-electron chi connectivity index (χ2n) is 4.56. The molecule has 1 saturated heterocycles. The van der Waals surface area contributed by atoms with Gasteiger partial charge in [0, 0.05) is 0 Å². The van der Waals surface area contributed by atoms with Gasteiger partial charge in [0.05, 0.1) is 11.3 Å². The molecule has 0 bridgehead atoms. The van der Waals surface area contributed by atoms with Crippen LogP contribution in [0.15, 0.2) is 29.2 Å². The third kappa shape index (κ3) is 3.93. The van der Waals surface area contributed by atoms with Crippen LogP contribution in [-0.2, 0) is 14.4 Å². The predicted octanol–water partition coefficient (Wildman–Crippen LogP) is 1.95. The number of rotatable bonds is 5. The van der Waals surface area contributed by atoms with E-state index in [1.54, 1.807) is 0 Å². The van der Waals surface area contributed by atoms with E-state index in [-0.39, 0.29) is 9.23 Å². The second-order valence-corrected chi connectivity index (χ2v) is 6.23. The first-order valence-electron chi connectivity index (χ1n) is 6.27. The zero-order chi connectivity index (χ0) is 17.1. The number of carbonyl (C=O) groups is 3. The third-order valence-corrected chi connectivity index (χ3v) is 4.29. The van der Waals surface area contributed by atoms with Gasteiger partial charge in [-0.2, -0.15) is 0 Å². The van der Waals surface area contributed by atoms with E-state index in [4.69, 9.17) is 22.4 Å². The molecule has 1 heterocycles. The molecule has 120 valence electrons. The Morgan fingerprint density at radius 2 is 1.91 bits per heavy atom. The summed E-state index contributed by atoms with van der Waals surface area (Å²) >= 11 is 5.86. The number of benzene rings is 1. The number of carboxylic acids is 2. The zero-order valence-electron chi connectivity index (χ0n) is 11.4. The van der Waals surface area contributed by atoms with E-state index in [0.717, 1.165) is 16.7 Å². The summed E-state index contributed by atoms with van der Waals surface area (Å²) < 4.78 is 12.8. The molecule has 1 aromatic carbocycles. The number of hydrogen-bond donors (Lipinski definition) is 2. The number of hydrogen-bond acceptors (Lipinski definition) is 5. The van der Waals surface area contributed by atoms with E-state index in [1.165, 1.54) is 30.3 Å². The van der Waals surface area contributed by atoms with Crippen molar-refractivity contribution >= 4 is 52.2 Å². The minimum absolute atomic E-state index is 0.0305. The van der Waals surface area contributed by atoms with Gasteiger partial charge in [0.25, 0.3) is 5.91 Å². The van der Waals surface area contributed by atoms with Crippen LogP contribution >= 0.6 is 24.0 Å². The molecule has 1 atom stereocenters. The lowest BCUT2D eigenvalue weighted by Crippen LogP contribution is -2.45. The first kappa shape index (κ1) is 17.1. The molecule has 2 rings (SSSR count). The summed E-state index contributed by atoms with van der Waals surface area (Å²) in [5.41, 5.74) is 0.539. The van der Waals surface area contributed by atoms with Crippen LogP contribution in [0.3, 0.4) is 0 Å². The van der Waals surface area contributed by atoms with Crippen molar-refractivity contribution in [2.75, 3.05) is 0 Å². The van der Waals surface area contributed by atoms with Crippen molar-refractivity contribution in [3.8, 4) is 0 Å². The lowest BCUT2D eigenvalue weighted by atomic mass is 10.1. The molecule has 1 aliphatic rings. The smallest absolute Gasteiger partial charge is 0.327 e. The highest BCUT2D eigenvalue weighted by Crippen LogP contribution is 2.34. The van der Waals surface area contributed by atoms with Gasteiger partial charge in [-0.1, -0.05) is 36.1 Å². The van der Waals surface area contributed by atoms with Crippen LogP contribution in [0, 0.1) is 5.82 Å². The van der Waals surface area contributed by atoms with Crippen LogP contribution in [0.25, 0.3) is 6.08 Å². The molecule has 6 nitrogen and oxygen atoms in total. The second kappa shape index (κ2) is 6.88. The normalized spacial score (nSPS) is 17.6. The molecule has 0 aromatic heterocycles. The number of amides is 1. The van der Waals surface area contributed by atoms with Crippen LogP contribution in [0.2, 0.25) is 0 Å². The van der Waals surface area contributed by atoms with Gasteiger partial charge in [-0.3, -0.25) is 14.5 Å². The number of thiocarbonyl (C=S) groups is 1. The van der Waals surface area contributed by atoms with E-state index in [9.17, 15) is 18.8 Å². The van der Waals surface area contributed by atoms with E-state index < -0.39 is 36.1 Å². The van der Waals surface area contributed by atoms with Crippen molar-refractivity contribution in [3.63, 3.8) is 0 Å². The maximum Gasteiger partial charge on any atom is 0.327 e. The Labute approximate surface area is 139 Å². The zero-order valence-corrected chi connectivity index (χ0v) is 13.1. The molecular weight excluding hydrogens is 345 g/mol. The number of nitrogens with zero attached hydrogens (tertiary/aromatic N) is 1. The SMILES string of the molecule is O=C(O)C[C@H](C(=O)O)N1C(=O)/C(=C\c2ccc(F)cc2)SC1=S. The van der Waals surface area contributed by atoms with Gasteiger partial charge in [0.2, 0.25) is 0 Å². The van der Waals surface area contributed by atoms with Crippen molar-refractivity contribution < 1.29 is 29.0 Å². The number of aliphatic carboxylic acids is 2. The fraction of sp³-hybridized carbons (Fsp3) is 0.143. The van der Waals surface area contributed by atoms with Gasteiger partial charge >= 0.3 is 11.9 Å². The van der Waals surface area contributed by atoms with Crippen LogP contribution in [0.1, 0.15) is 12.0 Å². The topological polar surface area (TPSA) is 94.9 Å². The largest absolute Gasteiger partial charge is 0.481 e. The molecule has 0 unspecified atom stereocenters. The molecule has 2 N–H and O–H groups in total. The monoisotopic (exact) mass is 355 g/mol. The van der Waals surface area contributed by atoms with Crippen molar-refractivity contribution in [1.29, 1.82) is 0 Å². The predicted molar refractivity (Wildman–Crippen MR) is 85.1 cm³/mol. The minimum Gasteiger partial charge on any atom is -0.481 e. The Morgan fingerprint density at radius 1 is 1.30 bits per heavy atom. The van der Waals surface area contributed by atoms with Gasteiger partial charge in [-0.05, 0) is 23.8 Å². The highest BCUT2D eigenvalue weighted by molar-refractivity contribution is 8.26. The first-order valence-corrected chi connectivity index (χ1v) is 7.49. The van der Waals surface area contributed by atoms with E-state index in [2.05, 4.69) is 0 Å². The average Bonchev–Trinajstić information content (AvgIpc) is 2.73. The van der Waals surface area contributed by atoms with Crippen molar-refractivity contribution in [2.24, 2.45) is 0 Å². The van der Waals surface area contributed by atoms with E-state index in [1.807, 2.05) is 0 Å².